The van der Waals surface area contributed by atoms with Crippen molar-refractivity contribution >= 4 is 17.0 Å². The fourth-order valence-corrected chi connectivity index (χ4v) is 0.529. The number of hydrogen-bond acceptors (Lipinski definition) is 3. The van der Waals surface area contributed by atoms with Crippen LogP contribution in [0.2, 0.25) is 0 Å². The Morgan fingerprint density at radius 1 is 1.78 bits per heavy atom. The van der Waals surface area contributed by atoms with Crippen LogP contribution in [0.3, 0.4) is 0 Å². The van der Waals surface area contributed by atoms with Gasteiger partial charge in [0.2, 0.25) is 0 Å². The van der Waals surface area contributed by atoms with Gasteiger partial charge in [-0.1, -0.05) is 0 Å². The molecule has 0 amide bonds. The fourth-order valence-electron chi connectivity index (χ4n) is 0.243. The van der Waals surface area contributed by atoms with Crippen LogP contribution < -0.4 is 5.73 Å². The molecule has 4 N–H and O–H groups in total. The van der Waals surface area contributed by atoms with Crippen LogP contribution in [0.5, 0.6) is 0 Å². The second kappa shape index (κ2) is 3.54. The number of carboxylic acids is 1. The minimum absolute atomic E-state index is 0.483. The fraction of sp³-hybridized carbons (Fsp3) is 0.667. The highest BCUT2D eigenvalue weighted by molar-refractivity contribution is 7.79. The third-order valence-corrected chi connectivity index (χ3v) is 1.32. The van der Waals surface area contributed by atoms with Crippen LogP contribution in [0, 0.1) is 0 Å². The first-order chi connectivity index (χ1) is 4.04. The van der Waals surface area contributed by atoms with E-state index in [1.54, 1.807) is 0 Å². The number of hydrogen-bond donors (Lipinski definition) is 3. The maximum Gasteiger partial charge on any atom is 0.305 e. The lowest BCUT2D eigenvalue weighted by Gasteiger charge is -2.00. The molecule has 0 saturated heterocycles. The third-order valence-electron chi connectivity index (χ3n) is 0.635. The van der Waals surface area contributed by atoms with Crippen molar-refractivity contribution in [2.75, 3.05) is 0 Å². The Hall–Kier alpha value is -0.460. The van der Waals surface area contributed by atoms with E-state index in [2.05, 4.69) is 0 Å². The summed E-state index contributed by atoms with van der Waals surface area (Å²) >= 11 is -2.23. The summed E-state index contributed by atoms with van der Waals surface area (Å²) in [6.45, 7) is 0. The first-order valence-corrected chi connectivity index (χ1v) is 3.28. The zero-order chi connectivity index (χ0) is 7.44. The molecule has 0 spiro atoms. The van der Waals surface area contributed by atoms with E-state index in [9.17, 15) is 9.00 Å². The van der Waals surface area contributed by atoms with E-state index in [0.717, 1.165) is 0 Å². The normalized spacial score (nSPS) is 16.7. The maximum atomic E-state index is 9.96. The van der Waals surface area contributed by atoms with Crippen molar-refractivity contribution in [3.8, 4) is 0 Å². The molecule has 5 nitrogen and oxygen atoms in total. The summed E-state index contributed by atoms with van der Waals surface area (Å²) in [5, 5.41) is 6.83. The topological polar surface area (TPSA) is 101 Å². The first-order valence-electron chi connectivity index (χ1n) is 2.11. The molecule has 0 aliphatic heterocycles. The van der Waals surface area contributed by atoms with Crippen molar-refractivity contribution in [2.45, 2.75) is 11.8 Å². The smallest absolute Gasteiger partial charge is 0.305 e. The molecule has 0 rings (SSSR count). The van der Waals surface area contributed by atoms with Crippen molar-refractivity contribution in [2.24, 2.45) is 5.73 Å². The van der Waals surface area contributed by atoms with Gasteiger partial charge in [0.05, 0.1) is 6.42 Å². The predicted octanol–water partition coefficient (Wildman–Crippen LogP) is -1.03. The van der Waals surface area contributed by atoms with Crippen molar-refractivity contribution in [1.29, 1.82) is 0 Å². The van der Waals surface area contributed by atoms with E-state index >= 15 is 0 Å². The number of nitrogens with two attached hydrogens (primary N) is 1. The van der Waals surface area contributed by atoms with Gasteiger partial charge in [-0.3, -0.25) is 4.79 Å². The van der Waals surface area contributed by atoms with E-state index < -0.39 is 28.8 Å². The van der Waals surface area contributed by atoms with Gasteiger partial charge < -0.3 is 15.4 Å². The molecule has 0 saturated carbocycles. The van der Waals surface area contributed by atoms with Crippen LogP contribution in [-0.4, -0.2) is 25.2 Å². The molecule has 0 heterocycles. The third kappa shape index (κ3) is 4.07. The van der Waals surface area contributed by atoms with Crippen molar-refractivity contribution in [1.82, 2.24) is 0 Å². The quantitative estimate of drug-likeness (QED) is 0.450. The van der Waals surface area contributed by atoms with Crippen LogP contribution in [-0.2, 0) is 15.9 Å². The van der Waals surface area contributed by atoms with Crippen LogP contribution in [0.25, 0.3) is 0 Å². The van der Waals surface area contributed by atoms with Gasteiger partial charge in [-0.2, -0.15) is 0 Å². The molecule has 0 fully saturated rings. The molecule has 0 aromatic rings. The Kier molecular flexibility index (Phi) is 3.36. The van der Waals surface area contributed by atoms with Crippen LogP contribution in [0.15, 0.2) is 0 Å². The molecule has 0 aromatic heterocycles. The minimum atomic E-state index is -2.23. The minimum Gasteiger partial charge on any atom is -0.481 e. The zero-order valence-corrected chi connectivity index (χ0v) is 5.30. The SMILES string of the molecule is NC(CC(=O)O)S(=O)O. The van der Waals surface area contributed by atoms with Crippen LogP contribution in [0.4, 0.5) is 0 Å². The highest BCUT2D eigenvalue weighted by Crippen LogP contribution is 1.90. The molecular formula is C3H7NO4S. The van der Waals surface area contributed by atoms with Gasteiger partial charge in [-0.05, 0) is 0 Å². The zero-order valence-electron chi connectivity index (χ0n) is 4.48. The summed E-state index contributed by atoms with van der Waals surface area (Å²) in [6.07, 6.45) is -0.483. The summed E-state index contributed by atoms with van der Waals surface area (Å²) in [4.78, 5) is 9.79. The van der Waals surface area contributed by atoms with Crippen molar-refractivity contribution < 1.29 is 18.7 Å². The van der Waals surface area contributed by atoms with E-state index in [1.807, 2.05) is 0 Å². The lowest BCUT2D eigenvalue weighted by atomic mass is 10.4. The molecular weight excluding hydrogens is 146 g/mol. The van der Waals surface area contributed by atoms with Gasteiger partial charge in [0.25, 0.3) is 0 Å². The second-order valence-corrected chi connectivity index (χ2v) is 2.57. The Morgan fingerprint density at radius 3 is 2.33 bits per heavy atom. The lowest BCUT2D eigenvalue weighted by Crippen LogP contribution is -2.28. The molecule has 0 bridgehead atoms. The molecule has 0 radical (unpaired) electrons. The Balaban J connectivity index is 3.63. The monoisotopic (exact) mass is 153 g/mol. The van der Waals surface area contributed by atoms with Gasteiger partial charge >= 0.3 is 5.97 Å². The Morgan fingerprint density at radius 2 is 2.22 bits per heavy atom. The number of carboxylic acid groups (broad SMARTS) is 1. The summed E-state index contributed by atoms with van der Waals surface area (Å²) < 4.78 is 18.1. The summed E-state index contributed by atoms with van der Waals surface area (Å²) in [6, 6.07) is 0. The number of aliphatic carboxylic acids is 1. The van der Waals surface area contributed by atoms with Gasteiger partial charge in [-0.15, -0.1) is 0 Å². The standard InChI is InChI=1S/C3H7NO4S/c4-2(9(7)8)1-3(5)6/h2H,1,4H2,(H,5,6)(H,7,8). The predicted molar refractivity (Wildman–Crippen MR) is 31.0 cm³/mol. The largest absolute Gasteiger partial charge is 0.481 e. The van der Waals surface area contributed by atoms with Gasteiger partial charge in [-0.25, -0.2) is 4.21 Å². The Bertz CT molecular complexity index is 136. The van der Waals surface area contributed by atoms with Crippen molar-refractivity contribution in [3.63, 3.8) is 0 Å². The first kappa shape index (κ1) is 8.54. The molecule has 54 valence electrons. The van der Waals surface area contributed by atoms with Crippen LogP contribution >= 0.6 is 0 Å². The van der Waals surface area contributed by atoms with Crippen molar-refractivity contribution in [3.05, 3.63) is 0 Å². The van der Waals surface area contributed by atoms with E-state index in [-0.39, 0.29) is 0 Å². The molecule has 0 aromatic carbocycles. The number of carbonyl (C=O) groups is 1. The lowest BCUT2D eigenvalue weighted by molar-refractivity contribution is -0.137. The molecule has 2 unspecified atom stereocenters. The summed E-state index contributed by atoms with van der Waals surface area (Å²) in [5.41, 5.74) is 4.89. The second-order valence-electron chi connectivity index (χ2n) is 1.41. The number of rotatable bonds is 3. The molecule has 2 atom stereocenters. The van der Waals surface area contributed by atoms with Gasteiger partial charge in [0, 0.05) is 0 Å². The maximum absolute atomic E-state index is 9.96. The molecule has 0 aliphatic rings. The summed E-state index contributed by atoms with van der Waals surface area (Å²) in [7, 11) is 0. The molecule has 0 aliphatic carbocycles. The van der Waals surface area contributed by atoms with E-state index in [0.29, 0.717) is 0 Å². The summed E-state index contributed by atoms with van der Waals surface area (Å²) in [5.74, 6) is -1.18. The average molecular weight is 153 g/mol. The van der Waals surface area contributed by atoms with E-state index in [1.165, 1.54) is 0 Å². The molecule has 9 heavy (non-hydrogen) atoms. The molecule has 6 heteroatoms. The van der Waals surface area contributed by atoms with Crippen LogP contribution in [0.1, 0.15) is 6.42 Å². The van der Waals surface area contributed by atoms with E-state index in [4.69, 9.17) is 15.4 Å². The Labute approximate surface area is 54.1 Å². The highest BCUT2D eigenvalue weighted by atomic mass is 32.2. The average Bonchev–Trinajstić information content (AvgIpc) is 1.63. The highest BCUT2D eigenvalue weighted by Gasteiger charge is 2.12. The van der Waals surface area contributed by atoms with Gasteiger partial charge in [0.15, 0.2) is 11.1 Å². The van der Waals surface area contributed by atoms with Gasteiger partial charge in [0.1, 0.15) is 5.37 Å².